The summed E-state index contributed by atoms with van der Waals surface area (Å²) in [6.07, 6.45) is 7.34. The van der Waals surface area contributed by atoms with Crippen molar-refractivity contribution < 1.29 is 4.74 Å². The first-order valence-corrected chi connectivity index (χ1v) is 7.14. The maximum atomic E-state index is 6.13. The molecule has 1 aliphatic rings. The van der Waals surface area contributed by atoms with Crippen LogP contribution in [0.4, 0.5) is 0 Å². The molecule has 1 aliphatic carbocycles. The van der Waals surface area contributed by atoms with Gasteiger partial charge in [0.2, 0.25) is 0 Å². The lowest BCUT2D eigenvalue weighted by atomic mass is 9.69. The number of nitrogens with two attached hydrogens (primary N) is 1. The van der Waals surface area contributed by atoms with Gasteiger partial charge in [0.25, 0.3) is 0 Å². The fourth-order valence-corrected chi connectivity index (χ4v) is 3.33. The average Bonchev–Trinajstić information content (AvgIpc) is 2.47. The Bertz CT molecular complexity index is 394. The SMILES string of the molecule is CCc1cccc(C2(CN)CCCCC2)c1OC. The predicted octanol–water partition coefficient (Wildman–Crippen LogP) is 3.42. The first kappa shape index (κ1) is 13.4. The predicted molar refractivity (Wildman–Crippen MR) is 76.2 cm³/mol. The number of hydrogen-bond acceptors (Lipinski definition) is 2. The van der Waals surface area contributed by atoms with Gasteiger partial charge < -0.3 is 10.5 Å². The van der Waals surface area contributed by atoms with E-state index in [1.54, 1.807) is 7.11 Å². The highest BCUT2D eigenvalue weighted by Gasteiger charge is 2.35. The van der Waals surface area contributed by atoms with Gasteiger partial charge in [-0.15, -0.1) is 0 Å². The number of aryl methyl sites for hydroxylation is 1. The molecule has 0 spiro atoms. The Labute approximate surface area is 111 Å². The van der Waals surface area contributed by atoms with E-state index in [9.17, 15) is 0 Å². The van der Waals surface area contributed by atoms with Crippen molar-refractivity contribution >= 4 is 0 Å². The molecule has 2 heteroatoms. The van der Waals surface area contributed by atoms with E-state index in [0.717, 1.165) is 18.7 Å². The Balaban J connectivity index is 2.47. The monoisotopic (exact) mass is 247 g/mol. The van der Waals surface area contributed by atoms with E-state index in [0.29, 0.717) is 0 Å². The number of ether oxygens (including phenoxy) is 1. The van der Waals surface area contributed by atoms with E-state index in [-0.39, 0.29) is 5.41 Å². The van der Waals surface area contributed by atoms with Crippen LogP contribution in [0.25, 0.3) is 0 Å². The standard InChI is InChI=1S/C16H25NO/c1-3-13-8-7-9-14(15(13)18-2)16(12-17)10-5-4-6-11-16/h7-9H,3-6,10-12,17H2,1-2H3. The molecule has 2 rings (SSSR count). The third-order valence-electron chi connectivity index (χ3n) is 4.45. The van der Waals surface area contributed by atoms with Crippen LogP contribution in [0.15, 0.2) is 18.2 Å². The molecular weight excluding hydrogens is 222 g/mol. The van der Waals surface area contributed by atoms with E-state index in [1.165, 1.54) is 43.2 Å². The van der Waals surface area contributed by atoms with Gasteiger partial charge in [-0.3, -0.25) is 0 Å². The van der Waals surface area contributed by atoms with Gasteiger partial charge in [0.1, 0.15) is 5.75 Å². The molecule has 0 aliphatic heterocycles. The second-order valence-electron chi connectivity index (χ2n) is 5.40. The normalized spacial score (nSPS) is 18.6. The molecule has 0 amide bonds. The van der Waals surface area contributed by atoms with Gasteiger partial charge in [-0.2, -0.15) is 0 Å². The molecule has 1 aromatic carbocycles. The molecule has 2 nitrogen and oxygen atoms in total. The van der Waals surface area contributed by atoms with E-state index < -0.39 is 0 Å². The van der Waals surface area contributed by atoms with Crippen molar-refractivity contribution in [3.05, 3.63) is 29.3 Å². The lowest BCUT2D eigenvalue weighted by Gasteiger charge is -2.38. The lowest BCUT2D eigenvalue weighted by molar-refractivity contribution is 0.287. The Morgan fingerprint density at radius 3 is 2.50 bits per heavy atom. The molecule has 18 heavy (non-hydrogen) atoms. The fraction of sp³-hybridized carbons (Fsp3) is 0.625. The average molecular weight is 247 g/mol. The maximum absolute atomic E-state index is 6.13. The molecular formula is C16H25NO. The van der Waals surface area contributed by atoms with Crippen LogP contribution in [0.2, 0.25) is 0 Å². The van der Waals surface area contributed by atoms with Gasteiger partial charge in [-0.1, -0.05) is 44.4 Å². The van der Waals surface area contributed by atoms with Gasteiger partial charge in [0.05, 0.1) is 7.11 Å². The van der Waals surface area contributed by atoms with Crippen molar-refractivity contribution in [3.63, 3.8) is 0 Å². The minimum atomic E-state index is 0.148. The van der Waals surface area contributed by atoms with E-state index >= 15 is 0 Å². The molecule has 0 heterocycles. The maximum Gasteiger partial charge on any atom is 0.125 e. The van der Waals surface area contributed by atoms with Crippen LogP contribution in [-0.2, 0) is 11.8 Å². The molecule has 0 bridgehead atoms. The number of rotatable bonds is 4. The van der Waals surface area contributed by atoms with Gasteiger partial charge in [0.15, 0.2) is 0 Å². The second kappa shape index (κ2) is 5.75. The minimum Gasteiger partial charge on any atom is -0.496 e. The molecule has 1 aromatic rings. The summed E-state index contributed by atoms with van der Waals surface area (Å²) in [5, 5.41) is 0. The minimum absolute atomic E-state index is 0.148. The van der Waals surface area contributed by atoms with Crippen LogP contribution < -0.4 is 10.5 Å². The molecule has 0 aromatic heterocycles. The third kappa shape index (κ3) is 2.26. The van der Waals surface area contributed by atoms with Gasteiger partial charge in [0, 0.05) is 17.5 Å². The third-order valence-corrected chi connectivity index (χ3v) is 4.45. The van der Waals surface area contributed by atoms with Crippen LogP contribution in [0.1, 0.15) is 50.2 Å². The summed E-state index contributed by atoms with van der Waals surface area (Å²) in [6, 6.07) is 6.54. The molecule has 100 valence electrons. The highest BCUT2D eigenvalue weighted by molar-refractivity contribution is 5.46. The molecule has 2 N–H and O–H groups in total. The summed E-state index contributed by atoms with van der Waals surface area (Å²) in [5.41, 5.74) is 8.92. The summed E-state index contributed by atoms with van der Waals surface area (Å²) < 4.78 is 5.69. The van der Waals surface area contributed by atoms with Crippen LogP contribution >= 0.6 is 0 Å². The Morgan fingerprint density at radius 1 is 1.22 bits per heavy atom. The van der Waals surface area contributed by atoms with Crippen molar-refractivity contribution in [2.24, 2.45) is 5.73 Å². The fourth-order valence-electron chi connectivity index (χ4n) is 3.33. The van der Waals surface area contributed by atoms with Crippen molar-refractivity contribution in [1.82, 2.24) is 0 Å². The Morgan fingerprint density at radius 2 is 1.94 bits per heavy atom. The van der Waals surface area contributed by atoms with Crippen LogP contribution in [0.5, 0.6) is 5.75 Å². The van der Waals surface area contributed by atoms with E-state index in [4.69, 9.17) is 10.5 Å². The Hall–Kier alpha value is -1.02. The number of benzene rings is 1. The zero-order chi connectivity index (χ0) is 13.0. The molecule has 1 saturated carbocycles. The first-order chi connectivity index (χ1) is 8.77. The topological polar surface area (TPSA) is 35.2 Å². The van der Waals surface area contributed by atoms with Crippen molar-refractivity contribution in [1.29, 1.82) is 0 Å². The first-order valence-electron chi connectivity index (χ1n) is 7.14. The summed E-state index contributed by atoms with van der Waals surface area (Å²) >= 11 is 0. The zero-order valence-corrected chi connectivity index (χ0v) is 11.7. The quantitative estimate of drug-likeness (QED) is 0.885. The largest absolute Gasteiger partial charge is 0.496 e. The van der Waals surface area contributed by atoms with E-state index in [1.807, 2.05) is 0 Å². The van der Waals surface area contributed by atoms with Crippen molar-refractivity contribution in [2.75, 3.05) is 13.7 Å². The highest BCUT2D eigenvalue weighted by atomic mass is 16.5. The Kier molecular flexibility index (Phi) is 4.28. The zero-order valence-electron chi connectivity index (χ0n) is 11.7. The van der Waals surface area contributed by atoms with Crippen LogP contribution in [-0.4, -0.2) is 13.7 Å². The summed E-state index contributed by atoms with van der Waals surface area (Å²) in [7, 11) is 1.78. The summed E-state index contributed by atoms with van der Waals surface area (Å²) in [4.78, 5) is 0. The smallest absolute Gasteiger partial charge is 0.125 e. The van der Waals surface area contributed by atoms with Gasteiger partial charge >= 0.3 is 0 Å². The number of methoxy groups -OCH3 is 1. The van der Waals surface area contributed by atoms with Gasteiger partial charge in [-0.05, 0) is 24.8 Å². The summed E-state index contributed by atoms with van der Waals surface area (Å²) in [5.74, 6) is 1.08. The summed E-state index contributed by atoms with van der Waals surface area (Å²) in [6.45, 7) is 2.91. The number of hydrogen-bond donors (Lipinski definition) is 1. The number of para-hydroxylation sites is 1. The second-order valence-corrected chi connectivity index (χ2v) is 5.40. The van der Waals surface area contributed by atoms with Crippen LogP contribution in [0.3, 0.4) is 0 Å². The van der Waals surface area contributed by atoms with Crippen molar-refractivity contribution in [2.45, 2.75) is 50.9 Å². The van der Waals surface area contributed by atoms with Crippen molar-refractivity contribution in [3.8, 4) is 5.75 Å². The molecule has 0 saturated heterocycles. The van der Waals surface area contributed by atoms with Gasteiger partial charge in [-0.25, -0.2) is 0 Å². The molecule has 0 unspecified atom stereocenters. The van der Waals surface area contributed by atoms with Crippen LogP contribution in [0, 0.1) is 0 Å². The van der Waals surface area contributed by atoms with E-state index in [2.05, 4.69) is 25.1 Å². The highest BCUT2D eigenvalue weighted by Crippen LogP contribution is 2.43. The lowest BCUT2D eigenvalue weighted by Crippen LogP contribution is -2.37. The molecule has 0 atom stereocenters. The molecule has 1 fully saturated rings. The molecule has 0 radical (unpaired) electrons.